The molecular formula is C18H28N2O2. The summed E-state index contributed by atoms with van der Waals surface area (Å²) in [5.74, 6) is 0. The fraction of sp³-hybridized carbons (Fsp3) is 0.667. The van der Waals surface area contributed by atoms with Gasteiger partial charge in [0.25, 0.3) is 0 Å². The Balaban J connectivity index is 1.58. The largest absolute Gasteiger partial charge is 0.396 e. The molecule has 1 aromatic carbocycles. The SMILES string of the molecule is CC1(CO)CCCN(Cc2ccc(N3CCOCC3)cc2)C1. The van der Waals surface area contributed by atoms with Gasteiger partial charge in [-0.25, -0.2) is 0 Å². The Morgan fingerprint density at radius 2 is 1.86 bits per heavy atom. The summed E-state index contributed by atoms with van der Waals surface area (Å²) in [5, 5.41) is 9.57. The van der Waals surface area contributed by atoms with Crippen molar-refractivity contribution in [3.05, 3.63) is 29.8 Å². The van der Waals surface area contributed by atoms with E-state index in [1.165, 1.54) is 17.7 Å². The summed E-state index contributed by atoms with van der Waals surface area (Å²) < 4.78 is 5.41. The molecule has 2 saturated heterocycles. The molecule has 0 saturated carbocycles. The number of anilines is 1. The molecule has 122 valence electrons. The minimum Gasteiger partial charge on any atom is -0.396 e. The highest BCUT2D eigenvalue weighted by Crippen LogP contribution is 2.29. The molecule has 1 N–H and O–H groups in total. The standard InChI is InChI=1S/C18H28N2O2/c1-18(15-21)7-2-8-19(14-18)13-16-3-5-17(6-4-16)20-9-11-22-12-10-20/h3-6,21H,2,7-15H2,1H3. The average Bonchev–Trinajstić information content (AvgIpc) is 2.56. The molecule has 1 atom stereocenters. The lowest BCUT2D eigenvalue weighted by Crippen LogP contribution is -2.43. The lowest BCUT2D eigenvalue weighted by Gasteiger charge is -2.39. The first kappa shape index (κ1) is 15.8. The number of piperidine rings is 1. The maximum atomic E-state index is 9.57. The van der Waals surface area contributed by atoms with Crippen molar-refractivity contribution < 1.29 is 9.84 Å². The van der Waals surface area contributed by atoms with Gasteiger partial charge >= 0.3 is 0 Å². The van der Waals surface area contributed by atoms with Gasteiger partial charge in [0.1, 0.15) is 0 Å². The van der Waals surface area contributed by atoms with E-state index < -0.39 is 0 Å². The Bertz CT molecular complexity index is 470. The van der Waals surface area contributed by atoms with Gasteiger partial charge < -0.3 is 14.7 Å². The number of hydrogen-bond donors (Lipinski definition) is 1. The first-order chi connectivity index (χ1) is 10.7. The van der Waals surface area contributed by atoms with Crippen molar-refractivity contribution in [2.45, 2.75) is 26.3 Å². The molecule has 0 radical (unpaired) electrons. The summed E-state index contributed by atoms with van der Waals surface area (Å²) in [4.78, 5) is 4.86. The van der Waals surface area contributed by atoms with E-state index in [2.05, 4.69) is 41.0 Å². The van der Waals surface area contributed by atoms with Gasteiger partial charge in [-0.05, 0) is 37.1 Å². The van der Waals surface area contributed by atoms with Crippen molar-refractivity contribution in [3.63, 3.8) is 0 Å². The van der Waals surface area contributed by atoms with Gasteiger partial charge in [-0.3, -0.25) is 4.90 Å². The minimum atomic E-state index is 0.0754. The van der Waals surface area contributed by atoms with E-state index in [0.717, 1.165) is 52.4 Å². The quantitative estimate of drug-likeness (QED) is 0.924. The average molecular weight is 304 g/mol. The first-order valence-electron chi connectivity index (χ1n) is 8.43. The summed E-state index contributed by atoms with van der Waals surface area (Å²) in [7, 11) is 0. The molecule has 4 nitrogen and oxygen atoms in total. The fourth-order valence-corrected chi connectivity index (χ4v) is 3.58. The topological polar surface area (TPSA) is 35.9 Å². The summed E-state index contributed by atoms with van der Waals surface area (Å²) in [6, 6.07) is 8.96. The predicted molar refractivity (Wildman–Crippen MR) is 89.2 cm³/mol. The summed E-state index contributed by atoms with van der Waals surface area (Å²) >= 11 is 0. The monoisotopic (exact) mass is 304 g/mol. The van der Waals surface area contributed by atoms with Crippen LogP contribution in [0.3, 0.4) is 0 Å². The maximum absolute atomic E-state index is 9.57. The fourth-order valence-electron chi connectivity index (χ4n) is 3.58. The Kier molecular flexibility index (Phi) is 5.01. The van der Waals surface area contributed by atoms with Gasteiger partial charge in [-0.15, -0.1) is 0 Å². The molecule has 0 aromatic heterocycles. The zero-order valence-corrected chi connectivity index (χ0v) is 13.6. The molecule has 2 fully saturated rings. The molecule has 4 heteroatoms. The van der Waals surface area contributed by atoms with Crippen LogP contribution in [0, 0.1) is 5.41 Å². The Morgan fingerprint density at radius 1 is 1.14 bits per heavy atom. The van der Waals surface area contributed by atoms with Crippen LogP contribution in [-0.2, 0) is 11.3 Å². The lowest BCUT2D eigenvalue weighted by molar-refractivity contribution is 0.0429. The van der Waals surface area contributed by atoms with Crippen LogP contribution in [-0.4, -0.2) is 56.0 Å². The van der Waals surface area contributed by atoms with Crippen molar-refractivity contribution in [1.82, 2.24) is 4.90 Å². The molecule has 2 aliphatic rings. The third-order valence-electron chi connectivity index (χ3n) is 4.96. The maximum Gasteiger partial charge on any atom is 0.0642 e. The molecule has 3 rings (SSSR count). The van der Waals surface area contributed by atoms with E-state index in [9.17, 15) is 5.11 Å². The predicted octanol–water partition coefficient (Wildman–Crippen LogP) is 2.12. The molecule has 1 aromatic rings. The van der Waals surface area contributed by atoms with E-state index in [0.29, 0.717) is 6.61 Å². The van der Waals surface area contributed by atoms with E-state index >= 15 is 0 Å². The van der Waals surface area contributed by atoms with Crippen molar-refractivity contribution in [3.8, 4) is 0 Å². The molecule has 0 aliphatic carbocycles. The van der Waals surface area contributed by atoms with Crippen LogP contribution in [0.4, 0.5) is 5.69 Å². The van der Waals surface area contributed by atoms with Crippen molar-refractivity contribution in [2.24, 2.45) is 5.41 Å². The number of nitrogens with zero attached hydrogens (tertiary/aromatic N) is 2. The van der Waals surface area contributed by atoms with Crippen LogP contribution in [0.1, 0.15) is 25.3 Å². The van der Waals surface area contributed by atoms with Crippen molar-refractivity contribution in [2.75, 3.05) is 50.9 Å². The molecule has 0 bridgehead atoms. The second kappa shape index (κ2) is 6.99. The zero-order chi connectivity index (χ0) is 15.4. The lowest BCUT2D eigenvalue weighted by atomic mass is 9.82. The number of ether oxygens (including phenoxy) is 1. The van der Waals surface area contributed by atoms with Crippen LogP contribution in [0.2, 0.25) is 0 Å². The van der Waals surface area contributed by atoms with Crippen LogP contribution in [0.15, 0.2) is 24.3 Å². The molecule has 1 unspecified atom stereocenters. The molecule has 0 amide bonds. The Morgan fingerprint density at radius 3 is 2.55 bits per heavy atom. The van der Waals surface area contributed by atoms with Crippen molar-refractivity contribution in [1.29, 1.82) is 0 Å². The highest BCUT2D eigenvalue weighted by Gasteiger charge is 2.30. The molecule has 0 spiro atoms. The second-order valence-corrected chi connectivity index (χ2v) is 7.05. The smallest absolute Gasteiger partial charge is 0.0642 e. The van der Waals surface area contributed by atoms with Gasteiger partial charge in [-0.2, -0.15) is 0 Å². The van der Waals surface area contributed by atoms with Gasteiger partial charge in [0.2, 0.25) is 0 Å². The van der Waals surface area contributed by atoms with Gasteiger partial charge in [0, 0.05) is 43.9 Å². The van der Waals surface area contributed by atoms with Crippen LogP contribution < -0.4 is 4.90 Å². The molecule has 2 aliphatic heterocycles. The number of aliphatic hydroxyl groups excluding tert-OH is 1. The summed E-state index contributed by atoms with van der Waals surface area (Å²) in [5.41, 5.74) is 2.73. The minimum absolute atomic E-state index is 0.0754. The van der Waals surface area contributed by atoms with E-state index in [1.807, 2.05) is 0 Å². The Hall–Kier alpha value is -1.10. The zero-order valence-electron chi connectivity index (χ0n) is 13.6. The van der Waals surface area contributed by atoms with Crippen LogP contribution in [0.25, 0.3) is 0 Å². The number of rotatable bonds is 4. The second-order valence-electron chi connectivity index (χ2n) is 7.05. The van der Waals surface area contributed by atoms with E-state index in [4.69, 9.17) is 4.74 Å². The van der Waals surface area contributed by atoms with Gasteiger partial charge in [0.05, 0.1) is 13.2 Å². The van der Waals surface area contributed by atoms with Crippen LogP contribution >= 0.6 is 0 Å². The third-order valence-corrected chi connectivity index (χ3v) is 4.96. The Labute approximate surface area is 133 Å². The number of benzene rings is 1. The van der Waals surface area contributed by atoms with Crippen molar-refractivity contribution >= 4 is 5.69 Å². The molecule has 22 heavy (non-hydrogen) atoms. The van der Waals surface area contributed by atoms with Gasteiger partial charge in [-0.1, -0.05) is 19.1 Å². The van der Waals surface area contributed by atoms with E-state index in [1.54, 1.807) is 0 Å². The third kappa shape index (κ3) is 3.80. The highest BCUT2D eigenvalue weighted by atomic mass is 16.5. The van der Waals surface area contributed by atoms with E-state index in [-0.39, 0.29) is 5.41 Å². The number of hydrogen-bond acceptors (Lipinski definition) is 4. The van der Waals surface area contributed by atoms with Crippen LogP contribution in [0.5, 0.6) is 0 Å². The van der Waals surface area contributed by atoms with Gasteiger partial charge in [0.15, 0.2) is 0 Å². The number of morpholine rings is 1. The first-order valence-corrected chi connectivity index (χ1v) is 8.43. The summed E-state index contributed by atoms with van der Waals surface area (Å²) in [6.45, 7) is 9.24. The molecular weight excluding hydrogens is 276 g/mol. The molecule has 2 heterocycles. The normalized spacial score (nSPS) is 27.1. The number of likely N-dealkylation sites (tertiary alicyclic amines) is 1. The summed E-state index contributed by atoms with van der Waals surface area (Å²) in [6.07, 6.45) is 2.32. The number of aliphatic hydroxyl groups is 1. The highest BCUT2D eigenvalue weighted by molar-refractivity contribution is 5.47.